The van der Waals surface area contributed by atoms with Gasteiger partial charge in [0.05, 0.1) is 0 Å². The normalized spacial score (nSPS) is 3.83. The molecule has 0 unspecified atom stereocenters. The molecule has 0 saturated heterocycles. The zero-order valence-corrected chi connectivity index (χ0v) is 8.08. The van der Waals surface area contributed by atoms with Crippen LogP contribution in [0.4, 0.5) is 0 Å². The third-order valence-corrected chi connectivity index (χ3v) is 0.222. The van der Waals surface area contributed by atoms with E-state index in [9.17, 15) is 0 Å². The van der Waals surface area contributed by atoms with Gasteiger partial charge in [0.15, 0.2) is 0 Å². The molecule has 0 radical (unpaired) electrons. The Labute approximate surface area is 94.1 Å². The van der Waals surface area contributed by atoms with Crippen molar-refractivity contribution in [1.29, 1.82) is 0 Å². The van der Waals surface area contributed by atoms with E-state index in [1.807, 2.05) is 0 Å². The van der Waals surface area contributed by atoms with Gasteiger partial charge in [0, 0.05) is 0 Å². The molecule has 0 aromatic rings. The van der Waals surface area contributed by atoms with Crippen molar-refractivity contribution in [3.8, 4) is 0 Å². The van der Waals surface area contributed by atoms with E-state index in [-0.39, 0.29) is 65.3 Å². The van der Waals surface area contributed by atoms with Crippen LogP contribution in [-0.4, -0.2) is 65.3 Å². The number of rotatable bonds is 4. The van der Waals surface area contributed by atoms with Gasteiger partial charge in [-0.15, -0.1) is 0 Å². The molecule has 0 aromatic heterocycles. The zero-order valence-electron chi connectivity index (χ0n) is 5.87. The Morgan fingerprint density at radius 1 is 0.667 bits per heavy atom. The zero-order chi connectivity index (χ0) is 10.2. The van der Waals surface area contributed by atoms with Crippen LogP contribution in [0.25, 0.3) is 0 Å². The average Bonchev–Trinajstić information content (AvgIpc) is 2.12. The molecule has 56 valence electrons. The van der Waals surface area contributed by atoms with Gasteiger partial charge in [-0.2, -0.15) is 0 Å². The third-order valence-electron chi connectivity index (χ3n) is 0.222. The second-order valence-corrected chi connectivity index (χ2v) is 0.657. The van der Waals surface area contributed by atoms with Gasteiger partial charge in [-0.3, -0.25) is 0 Å². The maximum atomic E-state index is 8.95. The Kier molecular flexibility index (Phi) is 45.7. The first kappa shape index (κ1) is 18.0. The van der Waals surface area contributed by atoms with E-state index < -0.39 is 0 Å². The summed E-state index contributed by atoms with van der Waals surface area (Å²) in [6, 6.07) is 0. The van der Waals surface area contributed by atoms with Crippen LogP contribution in [0.5, 0.6) is 0 Å². The van der Waals surface area contributed by atoms with Crippen molar-refractivity contribution >= 4 is 65.3 Å². The molecular formula is B4CaO7. The molecule has 0 amide bonds. The number of hydrogen-bond acceptors (Lipinski definition) is 7. The first-order chi connectivity index (χ1) is 5.83. The van der Waals surface area contributed by atoms with E-state index in [4.69, 9.17) is 20.3 Å². The molecule has 7 nitrogen and oxygen atoms in total. The van der Waals surface area contributed by atoms with Crippen molar-refractivity contribution in [3.05, 3.63) is 0 Å². The van der Waals surface area contributed by atoms with Crippen LogP contribution in [0.2, 0.25) is 0 Å². The molecule has 0 saturated carbocycles. The van der Waals surface area contributed by atoms with Crippen molar-refractivity contribution in [1.82, 2.24) is 0 Å². The molecule has 0 aliphatic rings. The molecular weight excluding hydrogens is 195 g/mol. The summed E-state index contributed by atoms with van der Waals surface area (Å²) in [5.41, 5.74) is 0. The van der Waals surface area contributed by atoms with Gasteiger partial charge in [-0.1, -0.05) is 0 Å². The molecule has 0 atom stereocenters. The molecule has 12 heteroatoms. The van der Waals surface area contributed by atoms with Crippen LogP contribution in [-0.2, 0) is 29.4 Å². The molecule has 0 aliphatic carbocycles. The van der Waals surface area contributed by atoms with E-state index in [1.165, 1.54) is 0 Å². The molecule has 0 rings (SSSR count). The molecule has 0 aliphatic heterocycles. The van der Waals surface area contributed by atoms with Gasteiger partial charge in [0.1, 0.15) is 0 Å². The molecule has 12 heavy (non-hydrogen) atoms. The molecule has 0 spiro atoms. The monoisotopic (exact) mass is 196 g/mol. The molecule has 0 aromatic carbocycles. The topological polar surface area (TPSA) is 104 Å². The summed E-state index contributed by atoms with van der Waals surface area (Å²) < 4.78 is 51.1. The summed E-state index contributed by atoms with van der Waals surface area (Å²) in [4.78, 5) is 0. The second kappa shape index (κ2) is 30.4. The van der Waals surface area contributed by atoms with Gasteiger partial charge in [-0.05, 0) is 0 Å². The fraction of sp³-hybridized carbons (Fsp3) is 0. The second-order valence-electron chi connectivity index (χ2n) is 0.657. The Morgan fingerprint density at radius 3 is 0.833 bits per heavy atom. The van der Waals surface area contributed by atoms with Crippen LogP contribution in [0.15, 0.2) is 0 Å². The van der Waals surface area contributed by atoms with Gasteiger partial charge in [-0.25, -0.2) is 0 Å². The Hall–Kier alpha value is 0.119. The van der Waals surface area contributed by atoms with Crippen molar-refractivity contribution in [2.45, 2.75) is 0 Å². The van der Waals surface area contributed by atoms with E-state index >= 15 is 0 Å². The van der Waals surface area contributed by atoms with Crippen molar-refractivity contribution < 1.29 is 29.4 Å². The fourth-order valence-electron chi connectivity index (χ4n) is 0.0454. The van der Waals surface area contributed by atoms with E-state index in [1.54, 1.807) is 0 Å². The van der Waals surface area contributed by atoms with Crippen molar-refractivity contribution in [2.24, 2.45) is 0 Å². The SMILES string of the molecule is O=BOB=O.O=BOB=O.[O]=[Ca]. The van der Waals surface area contributed by atoms with E-state index in [0.29, 0.717) is 0 Å². The van der Waals surface area contributed by atoms with Crippen LogP contribution in [0, 0.1) is 0 Å². The predicted octanol–water partition coefficient (Wildman–Crippen LogP) is -2.63. The van der Waals surface area contributed by atoms with E-state index in [0.717, 1.165) is 0 Å². The van der Waals surface area contributed by atoms with Crippen LogP contribution in [0.1, 0.15) is 0 Å². The number of hydrogen-bond donors (Lipinski definition) is 0. The van der Waals surface area contributed by atoms with Crippen LogP contribution in [0.3, 0.4) is 0 Å². The summed E-state index contributed by atoms with van der Waals surface area (Å²) in [5, 5.41) is 0. The summed E-state index contributed by atoms with van der Waals surface area (Å²) in [7, 11) is 0.250. The van der Waals surface area contributed by atoms with Crippen LogP contribution < -0.4 is 0 Å². The summed E-state index contributed by atoms with van der Waals surface area (Å²) in [6.07, 6.45) is 0. The van der Waals surface area contributed by atoms with Crippen LogP contribution >= 0.6 is 0 Å². The van der Waals surface area contributed by atoms with Gasteiger partial charge in [0.2, 0.25) is 0 Å². The van der Waals surface area contributed by atoms with Crippen molar-refractivity contribution in [2.75, 3.05) is 0 Å². The fourth-order valence-corrected chi connectivity index (χ4v) is 0.0454. The third kappa shape index (κ3) is 49.6. The Bertz CT molecular complexity index is 98.6. The van der Waals surface area contributed by atoms with Gasteiger partial charge in [0.25, 0.3) is 0 Å². The molecule has 0 N–H and O–H groups in total. The first-order valence-corrected chi connectivity index (χ1v) is 3.08. The summed E-state index contributed by atoms with van der Waals surface area (Å²) >= 11 is 0.125. The quantitative estimate of drug-likeness (QED) is 0.452. The molecule has 0 fully saturated rings. The van der Waals surface area contributed by atoms with Gasteiger partial charge < -0.3 is 0 Å². The van der Waals surface area contributed by atoms with Crippen molar-refractivity contribution in [3.63, 3.8) is 0 Å². The van der Waals surface area contributed by atoms with Gasteiger partial charge >= 0.3 is 94.7 Å². The average molecular weight is 195 g/mol. The standard InChI is InChI=1S/2B2O3.Ca.O/c2*3-1-5-2-4;;. The summed E-state index contributed by atoms with van der Waals surface area (Å²) in [6.45, 7) is 0. The maximum absolute atomic E-state index is 8.95. The molecule has 0 heterocycles. The van der Waals surface area contributed by atoms with E-state index in [2.05, 4.69) is 9.14 Å². The molecule has 0 bridgehead atoms. The minimum atomic E-state index is 0.0625. The predicted molar refractivity (Wildman–Crippen MR) is 34.4 cm³/mol. The minimum absolute atomic E-state index is 0.0625. The Balaban J connectivity index is -0.000000112. The summed E-state index contributed by atoms with van der Waals surface area (Å²) in [5.74, 6) is 0. The Morgan fingerprint density at radius 2 is 0.833 bits per heavy atom. The first-order valence-electron chi connectivity index (χ1n) is 2.17.